The largest absolute Gasteiger partial charge is 0.482 e. The number of amides is 1. The summed E-state index contributed by atoms with van der Waals surface area (Å²) in [6.07, 6.45) is 4.97. The van der Waals surface area contributed by atoms with Gasteiger partial charge in [0.2, 0.25) is 0 Å². The lowest BCUT2D eigenvalue weighted by molar-refractivity contribution is -0.121. The molecule has 0 aromatic heterocycles. The van der Waals surface area contributed by atoms with Gasteiger partial charge in [-0.05, 0) is 37.8 Å². The van der Waals surface area contributed by atoms with Gasteiger partial charge in [-0.15, -0.1) is 0 Å². The Kier molecular flexibility index (Phi) is 7.91. The Morgan fingerprint density at radius 2 is 2.17 bits per heavy atom. The molecule has 3 rings (SSSR count). The standard InChI is InChI=1S/C21H32N4O3S/c1-3-29(27)17-9-6-8-16(14-17)24-21(22-2)23-12-7-13-25-18-10-4-5-11-19(18)28-15-20(25)26/h4-5,10-11,16-17H,3,6-9,12-15H2,1-2H3,(H2,22,23,24). The highest BCUT2D eigenvalue weighted by atomic mass is 32.2. The molecule has 1 heterocycles. The lowest BCUT2D eigenvalue weighted by atomic mass is 9.95. The molecule has 1 aromatic carbocycles. The first-order valence-corrected chi connectivity index (χ1v) is 11.9. The second-order valence-corrected chi connectivity index (χ2v) is 9.46. The van der Waals surface area contributed by atoms with E-state index in [1.165, 1.54) is 0 Å². The second-order valence-electron chi connectivity index (χ2n) is 7.45. The summed E-state index contributed by atoms with van der Waals surface area (Å²) in [6.45, 7) is 3.43. The number of carbonyl (C=O) groups is 1. The van der Waals surface area contributed by atoms with Crippen LogP contribution in [0.15, 0.2) is 29.3 Å². The van der Waals surface area contributed by atoms with Gasteiger partial charge in [-0.25, -0.2) is 0 Å². The van der Waals surface area contributed by atoms with Crippen LogP contribution in [0.3, 0.4) is 0 Å². The van der Waals surface area contributed by atoms with Gasteiger partial charge < -0.3 is 20.3 Å². The zero-order chi connectivity index (χ0) is 20.6. The number of carbonyl (C=O) groups excluding carboxylic acids is 1. The number of benzene rings is 1. The molecule has 160 valence electrons. The van der Waals surface area contributed by atoms with Crippen LogP contribution in [0, 0.1) is 0 Å². The van der Waals surface area contributed by atoms with E-state index < -0.39 is 10.8 Å². The van der Waals surface area contributed by atoms with Gasteiger partial charge in [0.05, 0.1) is 5.69 Å². The number of fused-ring (bicyclic) bond motifs is 1. The van der Waals surface area contributed by atoms with E-state index in [-0.39, 0.29) is 17.8 Å². The van der Waals surface area contributed by atoms with Crippen molar-refractivity contribution in [2.75, 3.05) is 37.4 Å². The fourth-order valence-corrected chi connectivity index (χ4v) is 5.33. The average Bonchev–Trinajstić information content (AvgIpc) is 2.76. The van der Waals surface area contributed by atoms with E-state index in [0.717, 1.165) is 55.3 Å². The van der Waals surface area contributed by atoms with Crippen molar-refractivity contribution in [3.05, 3.63) is 24.3 Å². The third-order valence-corrected chi connectivity index (χ3v) is 7.25. The topological polar surface area (TPSA) is 83.0 Å². The number of hydrogen-bond donors (Lipinski definition) is 2. The van der Waals surface area contributed by atoms with Crippen LogP contribution in [0.25, 0.3) is 0 Å². The number of nitrogens with zero attached hydrogens (tertiary/aromatic N) is 2. The summed E-state index contributed by atoms with van der Waals surface area (Å²) in [4.78, 5) is 18.4. The molecular formula is C21H32N4O3S. The lowest BCUT2D eigenvalue weighted by Gasteiger charge is -2.30. The third kappa shape index (κ3) is 5.72. The molecule has 0 saturated heterocycles. The number of nitrogens with one attached hydrogen (secondary N) is 2. The van der Waals surface area contributed by atoms with Crippen molar-refractivity contribution in [3.63, 3.8) is 0 Å². The molecule has 1 aliphatic carbocycles. The van der Waals surface area contributed by atoms with Crippen molar-refractivity contribution in [2.24, 2.45) is 4.99 Å². The summed E-state index contributed by atoms with van der Waals surface area (Å²) < 4.78 is 17.6. The smallest absolute Gasteiger partial charge is 0.265 e. The molecule has 1 saturated carbocycles. The molecule has 0 radical (unpaired) electrons. The number of rotatable bonds is 7. The molecule has 1 fully saturated rings. The summed E-state index contributed by atoms with van der Waals surface area (Å²) in [5, 5.41) is 7.12. The van der Waals surface area contributed by atoms with E-state index in [2.05, 4.69) is 15.6 Å². The molecule has 1 aromatic rings. The van der Waals surface area contributed by atoms with Gasteiger partial charge in [0, 0.05) is 48.0 Å². The maximum absolute atomic E-state index is 12.2. The first kappa shape index (κ1) is 21.6. The van der Waals surface area contributed by atoms with Gasteiger partial charge in [0.1, 0.15) is 5.75 Å². The minimum absolute atomic E-state index is 0.0108. The van der Waals surface area contributed by atoms with Crippen LogP contribution in [-0.4, -0.2) is 59.9 Å². The van der Waals surface area contributed by atoms with Gasteiger partial charge in [-0.2, -0.15) is 0 Å². The van der Waals surface area contributed by atoms with Crippen LogP contribution in [0.2, 0.25) is 0 Å². The van der Waals surface area contributed by atoms with Crippen LogP contribution >= 0.6 is 0 Å². The van der Waals surface area contributed by atoms with Crippen LogP contribution in [0.5, 0.6) is 5.75 Å². The summed E-state index contributed by atoms with van der Waals surface area (Å²) in [5.74, 6) is 2.25. The SMILES string of the molecule is CCS(=O)C1CCCC(NC(=NC)NCCCN2C(=O)COc3ccccc32)C1. The van der Waals surface area contributed by atoms with Gasteiger partial charge in [0.15, 0.2) is 12.6 Å². The Hall–Kier alpha value is -2.09. The summed E-state index contributed by atoms with van der Waals surface area (Å²) in [6, 6.07) is 7.95. The van der Waals surface area contributed by atoms with Crippen LogP contribution in [0.1, 0.15) is 39.0 Å². The van der Waals surface area contributed by atoms with Crippen molar-refractivity contribution >= 4 is 28.4 Å². The van der Waals surface area contributed by atoms with E-state index in [1.807, 2.05) is 31.2 Å². The zero-order valence-electron chi connectivity index (χ0n) is 17.4. The van der Waals surface area contributed by atoms with E-state index in [9.17, 15) is 9.00 Å². The Balaban J connectivity index is 1.45. The Morgan fingerprint density at radius 1 is 1.34 bits per heavy atom. The monoisotopic (exact) mass is 420 g/mol. The second kappa shape index (κ2) is 10.6. The van der Waals surface area contributed by atoms with Gasteiger partial charge in [-0.1, -0.05) is 25.5 Å². The molecule has 3 unspecified atom stereocenters. The molecule has 0 bridgehead atoms. The van der Waals surface area contributed by atoms with Gasteiger partial charge >= 0.3 is 0 Å². The number of guanidine groups is 1. The molecule has 1 aliphatic heterocycles. The molecule has 2 N–H and O–H groups in total. The first-order chi connectivity index (χ1) is 14.1. The maximum atomic E-state index is 12.2. The van der Waals surface area contributed by atoms with E-state index in [0.29, 0.717) is 19.1 Å². The molecule has 8 heteroatoms. The van der Waals surface area contributed by atoms with E-state index in [4.69, 9.17) is 4.74 Å². The van der Waals surface area contributed by atoms with Crippen molar-refractivity contribution in [1.29, 1.82) is 0 Å². The molecule has 1 amide bonds. The fourth-order valence-electron chi connectivity index (χ4n) is 3.98. The Bertz CT molecular complexity index is 755. The number of aliphatic imine (C=N–C) groups is 1. The molecule has 3 atom stereocenters. The quantitative estimate of drug-likeness (QED) is 0.401. The van der Waals surface area contributed by atoms with Crippen molar-refractivity contribution in [3.8, 4) is 5.75 Å². The molecule has 29 heavy (non-hydrogen) atoms. The molecule has 7 nitrogen and oxygen atoms in total. The summed E-state index contributed by atoms with van der Waals surface area (Å²) in [7, 11) is 1.04. The minimum Gasteiger partial charge on any atom is -0.482 e. The first-order valence-electron chi connectivity index (χ1n) is 10.5. The van der Waals surface area contributed by atoms with E-state index in [1.54, 1.807) is 11.9 Å². The summed E-state index contributed by atoms with van der Waals surface area (Å²) >= 11 is 0. The minimum atomic E-state index is -0.730. The highest BCUT2D eigenvalue weighted by molar-refractivity contribution is 7.85. The van der Waals surface area contributed by atoms with Gasteiger partial charge in [-0.3, -0.25) is 14.0 Å². The fraction of sp³-hybridized carbons (Fsp3) is 0.619. The normalized spacial score (nSPS) is 23.2. The maximum Gasteiger partial charge on any atom is 0.265 e. The number of para-hydroxylation sites is 2. The van der Waals surface area contributed by atoms with Crippen molar-refractivity contribution in [1.82, 2.24) is 10.6 Å². The molecule has 2 aliphatic rings. The number of hydrogen-bond acceptors (Lipinski definition) is 4. The van der Waals surface area contributed by atoms with Crippen LogP contribution in [0.4, 0.5) is 5.69 Å². The molecular weight excluding hydrogens is 388 g/mol. The highest BCUT2D eigenvalue weighted by Crippen LogP contribution is 2.31. The third-order valence-electron chi connectivity index (χ3n) is 5.51. The van der Waals surface area contributed by atoms with E-state index >= 15 is 0 Å². The molecule has 0 spiro atoms. The van der Waals surface area contributed by atoms with Gasteiger partial charge in [0.25, 0.3) is 5.91 Å². The predicted octanol–water partition coefficient (Wildman–Crippen LogP) is 2.05. The zero-order valence-corrected chi connectivity index (χ0v) is 18.2. The number of anilines is 1. The number of ether oxygens (including phenoxy) is 1. The Morgan fingerprint density at radius 3 is 2.97 bits per heavy atom. The van der Waals surface area contributed by atoms with Crippen molar-refractivity contribution in [2.45, 2.75) is 50.3 Å². The summed E-state index contributed by atoms with van der Waals surface area (Å²) in [5.41, 5.74) is 0.837. The lowest BCUT2D eigenvalue weighted by Crippen LogP contribution is -2.47. The Labute approximate surface area is 175 Å². The van der Waals surface area contributed by atoms with Crippen molar-refractivity contribution < 1.29 is 13.7 Å². The average molecular weight is 421 g/mol. The van der Waals surface area contributed by atoms with Crippen LogP contribution in [-0.2, 0) is 15.6 Å². The highest BCUT2D eigenvalue weighted by Gasteiger charge is 2.26. The predicted molar refractivity (Wildman–Crippen MR) is 118 cm³/mol. The van der Waals surface area contributed by atoms with Crippen LogP contribution < -0.4 is 20.3 Å².